The Morgan fingerprint density at radius 3 is 2.80 bits per heavy atom. The molecule has 0 radical (unpaired) electrons. The first-order chi connectivity index (χ1) is 21.9. The minimum atomic E-state index is -0.367. The lowest BCUT2D eigenvalue weighted by molar-refractivity contribution is 0.0776. The number of fused-ring (bicyclic) bond motifs is 4. The Hall–Kier alpha value is -4.97. The molecule has 226 valence electrons. The van der Waals surface area contributed by atoms with E-state index < -0.39 is 0 Å². The number of thiophene rings is 1. The molecule has 1 aliphatic carbocycles. The number of aromatic nitrogens is 4. The van der Waals surface area contributed by atoms with Crippen LogP contribution >= 0.6 is 11.3 Å². The summed E-state index contributed by atoms with van der Waals surface area (Å²) in [4.78, 5) is 40.0. The molecule has 3 aliphatic rings. The average Bonchev–Trinajstić information content (AvgIpc) is 3.88. The quantitative estimate of drug-likeness (QED) is 0.235. The smallest absolute Gasteiger partial charge is 0.261 e. The number of carbonyl (C=O) groups excluding carboxylic acids is 2. The molecule has 1 aromatic carbocycles. The summed E-state index contributed by atoms with van der Waals surface area (Å²) in [6.45, 7) is 2.35. The summed E-state index contributed by atoms with van der Waals surface area (Å²) in [7, 11) is 0. The third-order valence-electron chi connectivity index (χ3n) is 8.62. The Bertz CT molecular complexity index is 1970. The molecule has 10 nitrogen and oxygen atoms in total. The Balaban J connectivity index is 1.23. The summed E-state index contributed by atoms with van der Waals surface area (Å²) in [5.41, 5.74) is 4.81. The molecular formula is C33H27FN6O4S. The van der Waals surface area contributed by atoms with Crippen LogP contribution in [-0.4, -0.2) is 43.4 Å². The van der Waals surface area contributed by atoms with Gasteiger partial charge in [0.2, 0.25) is 11.8 Å². The molecule has 1 saturated heterocycles. The van der Waals surface area contributed by atoms with Gasteiger partial charge < -0.3 is 19.4 Å². The highest BCUT2D eigenvalue weighted by Gasteiger charge is 2.45. The lowest BCUT2D eigenvalue weighted by atomic mass is 9.95. The summed E-state index contributed by atoms with van der Waals surface area (Å²) < 4.78 is 25.6. The van der Waals surface area contributed by atoms with Crippen LogP contribution in [0, 0.1) is 12.7 Å². The van der Waals surface area contributed by atoms with Crippen molar-refractivity contribution in [3.8, 4) is 27.6 Å². The van der Waals surface area contributed by atoms with Crippen molar-refractivity contribution in [1.29, 1.82) is 0 Å². The first-order valence-corrected chi connectivity index (χ1v) is 15.7. The van der Waals surface area contributed by atoms with Crippen molar-refractivity contribution < 1.29 is 23.1 Å². The number of nitrogens with zero attached hydrogens (tertiary/aromatic N) is 5. The van der Waals surface area contributed by atoms with Gasteiger partial charge in [-0.05, 0) is 73.7 Å². The first kappa shape index (κ1) is 27.6. The predicted molar refractivity (Wildman–Crippen MR) is 162 cm³/mol. The molecular weight excluding hydrogens is 595 g/mol. The number of amides is 2. The molecule has 1 fully saturated rings. The Kier molecular flexibility index (Phi) is 6.67. The zero-order valence-corrected chi connectivity index (χ0v) is 25.1. The van der Waals surface area contributed by atoms with E-state index in [0.29, 0.717) is 56.0 Å². The summed E-state index contributed by atoms with van der Waals surface area (Å²) in [5.74, 6) is 0.351. The summed E-state index contributed by atoms with van der Waals surface area (Å²) in [6.07, 6.45) is 5.07. The van der Waals surface area contributed by atoms with E-state index in [9.17, 15) is 14.0 Å². The third kappa shape index (κ3) is 4.76. The van der Waals surface area contributed by atoms with E-state index in [0.717, 1.165) is 36.9 Å². The highest BCUT2D eigenvalue weighted by Crippen LogP contribution is 2.49. The monoisotopic (exact) mass is 622 g/mol. The van der Waals surface area contributed by atoms with Crippen molar-refractivity contribution >= 4 is 23.2 Å². The maximum Gasteiger partial charge on any atom is 0.261 e. The van der Waals surface area contributed by atoms with Crippen molar-refractivity contribution in [3.05, 3.63) is 99.5 Å². The van der Waals surface area contributed by atoms with Gasteiger partial charge in [0.05, 0.1) is 39.5 Å². The number of nitrogens with one attached hydrogen (secondary N) is 1. The molecule has 8 rings (SSSR count). The molecule has 2 atom stereocenters. The van der Waals surface area contributed by atoms with Gasteiger partial charge in [-0.25, -0.2) is 4.39 Å². The fourth-order valence-electron chi connectivity index (χ4n) is 6.60. The van der Waals surface area contributed by atoms with Crippen LogP contribution in [0.5, 0.6) is 5.75 Å². The lowest BCUT2D eigenvalue weighted by Crippen LogP contribution is -2.26. The number of rotatable bonds is 7. The van der Waals surface area contributed by atoms with E-state index in [1.54, 1.807) is 31.3 Å². The zero-order valence-electron chi connectivity index (χ0n) is 24.2. The molecule has 45 heavy (non-hydrogen) atoms. The fraction of sp³-hybridized carbons (Fsp3) is 0.273. The van der Waals surface area contributed by atoms with Gasteiger partial charge in [-0.15, -0.1) is 21.5 Å². The number of hydrogen-bond donors (Lipinski definition) is 1. The number of benzene rings is 1. The molecule has 12 heteroatoms. The summed E-state index contributed by atoms with van der Waals surface area (Å²) in [5, 5.41) is 11.5. The Morgan fingerprint density at radius 2 is 1.98 bits per heavy atom. The molecule has 6 heterocycles. The van der Waals surface area contributed by atoms with E-state index >= 15 is 0 Å². The molecule has 0 spiro atoms. The summed E-state index contributed by atoms with van der Waals surface area (Å²) >= 11 is 1.30. The van der Waals surface area contributed by atoms with Crippen LogP contribution in [0.1, 0.15) is 79.9 Å². The molecule has 0 saturated carbocycles. The third-order valence-corrected chi connectivity index (χ3v) is 9.73. The lowest BCUT2D eigenvalue weighted by Gasteiger charge is -2.16. The van der Waals surface area contributed by atoms with Gasteiger partial charge in [-0.2, -0.15) is 0 Å². The summed E-state index contributed by atoms with van der Waals surface area (Å²) in [6, 6.07) is 13.0. The zero-order chi connectivity index (χ0) is 30.7. The molecule has 2 aliphatic heterocycles. The van der Waals surface area contributed by atoms with Crippen molar-refractivity contribution in [1.82, 2.24) is 30.4 Å². The van der Waals surface area contributed by atoms with Crippen LogP contribution in [0.25, 0.3) is 21.9 Å². The van der Waals surface area contributed by atoms with Crippen molar-refractivity contribution in [3.63, 3.8) is 0 Å². The highest BCUT2D eigenvalue weighted by atomic mass is 32.1. The van der Waals surface area contributed by atoms with Gasteiger partial charge in [0, 0.05) is 35.8 Å². The van der Waals surface area contributed by atoms with Crippen molar-refractivity contribution in [2.45, 2.75) is 51.3 Å². The molecule has 5 aromatic rings. The Morgan fingerprint density at radius 1 is 1.11 bits per heavy atom. The van der Waals surface area contributed by atoms with Gasteiger partial charge >= 0.3 is 0 Å². The maximum absolute atomic E-state index is 13.9. The molecule has 2 amide bonds. The van der Waals surface area contributed by atoms with Crippen LogP contribution in [-0.2, 0) is 13.0 Å². The Labute approximate surface area is 261 Å². The number of ether oxygens (including phenoxy) is 1. The number of halogens is 1. The standard InChI is InChI=1S/C33H27FN6O4S/c1-17-38-39-32(44-17)27-23(16-43-19-8-6-18(34)7-9-19)36-30-24-5-3-15-40(24)33(42)29(30)28(27)25-12-13-26(45-25)31(41)37-22-11-10-21-20(22)4-2-14-35-21/h2,4,6-9,12-14,22,24H,3,5,10-11,15-16H2,1H3,(H,37,41)/t22-,24-/m0/s1. The highest BCUT2D eigenvalue weighted by molar-refractivity contribution is 7.17. The van der Waals surface area contributed by atoms with E-state index in [1.165, 1.54) is 23.5 Å². The topological polar surface area (TPSA) is 123 Å². The molecule has 0 unspecified atom stereocenters. The minimum Gasteiger partial charge on any atom is -0.487 e. The first-order valence-electron chi connectivity index (χ1n) is 14.9. The number of aryl methyl sites for hydroxylation is 2. The predicted octanol–water partition coefficient (Wildman–Crippen LogP) is 5.99. The van der Waals surface area contributed by atoms with Crippen LogP contribution in [0.4, 0.5) is 4.39 Å². The molecule has 1 N–H and O–H groups in total. The average molecular weight is 623 g/mol. The second-order valence-corrected chi connectivity index (χ2v) is 12.4. The van der Waals surface area contributed by atoms with Crippen LogP contribution in [0.3, 0.4) is 0 Å². The van der Waals surface area contributed by atoms with Gasteiger partial charge in [0.15, 0.2) is 0 Å². The largest absolute Gasteiger partial charge is 0.487 e. The van der Waals surface area contributed by atoms with Gasteiger partial charge in [0.25, 0.3) is 11.8 Å². The number of hydrogen-bond acceptors (Lipinski definition) is 9. The number of pyridine rings is 2. The minimum absolute atomic E-state index is 0.0113. The maximum atomic E-state index is 13.9. The number of carbonyl (C=O) groups is 2. The van der Waals surface area contributed by atoms with Gasteiger partial charge in [-0.3, -0.25) is 19.6 Å². The normalized spacial score (nSPS) is 18.2. The molecule has 4 aromatic heterocycles. The van der Waals surface area contributed by atoms with Crippen LogP contribution < -0.4 is 10.1 Å². The van der Waals surface area contributed by atoms with E-state index in [1.807, 2.05) is 23.1 Å². The van der Waals surface area contributed by atoms with E-state index in [4.69, 9.17) is 14.1 Å². The van der Waals surface area contributed by atoms with E-state index in [2.05, 4.69) is 20.5 Å². The van der Waals surface area contributed by atoms with Crippen molar-refractivity contribution in [2.75, 3.05) is 6.54 Å². The molecule has 0 bridgehead atoms. The van der Waals surface area contributed by atoms with Crippen LogP contribution in [0.2, 0.25) is 0 Å². The fourth-order valence-corrected chi connectivity index (χ4v) is 7.56. The van der Waals surface area contributed by atoms with Gasteiger partial charge in [0.1, 0.15) is 18.2 Å². The van der Waals surface area contributed by atoms with Crippen molar-refractivity contribution in [2.24, 2.45) is 0 Å². The second kappa shape index (κ2) is 10.9. The van der Waals surface area contributed by atoms with Gasteiger partial charge in [-0.1, -0.05) is 6.07 Å². The second-order valence-electron chi connectivity index (χ2n) is 11.4. The SMILES string of the molecule is Cc1nnc(-c2c(COc3ccc(F)cc3)nc3c(c2-c2ccc(C(=O)N[C@H]4CCc5ncccc54)s2)C(=O)N2CCC[C@@H]32)o1. The van der Waals surface area contributed by atoms with Crippen LogP contribution in [0.15, 0.2) is 59.1 Å². The van der Waals surface area contributed by atoms with E-state index in [-0.39, 0.29) is 42.2 Å².